The number of hydrogen-bond donors (Lipinski definition) is 0. The first kappa shape index (κ1) is 33.2. The molecule has 9 aromatic carbocycles. The molecule has 0 unspecified atom stereocenters. The second-order valence-electron chi connectivity index (χ2n) is 14.9. The van der Waals surface area contributed by atoms with E-state index in [2.05, 4.69) is 193 Å². The van der Waals surface area contributed by atoms with E-state index in [9.17, 15) is 0 Å². The van der Waals surface area contributed by atoms with Crippen LogP contribution in [-0.4, -0.2) is 0 Å². The van der Waals surface area contributed by atoms with E-state index < -0.39 is 0 Å². The standard InChI is InChI=1S/C54H33NOS2/c1-2-10-37(11-3-1)41-14-8-15-45-46-16-9-17-48(54(46)58-53(41)45)55(40-29-30-43-42-12-4-6-18-49(42)56-50(43)33-40)39-27-24-35(25-28-39)34-20-22-36(23-21-34)38-26-31-52-47(32-38)44-13-5-7-19-51(44)57-52/h1-33H. The highest BCUT2D eigenvalue weighted by Crippen LogP contribution is 2.48. The van der Waals surface area contributed by atoms with Gasteiger partial charge in [-0.25, -0.2) is 0 Å². The topological polar surface area (TPSA) is 16.4 Å². The molecule has 0 aliphatic heterocycles. The molecule has 3 heterocycles. The quantitative estimate of drug-likeness (QED) is 0.167. The lowest BCUT2D eigenvalue weighted by Crippen LogP contribution is -2.10. The van der Waals surface area contributed by atoms with E-state index in [0.29, 0.717) is 0 Å². The lowest BCUT2D eigenvalue weighted by molar-refractivity contribution is 0.669. The number of nitrogens with zero attached hydrogens (tertiary/aromatic N) is 1. The monoisotopic (exact) mass is 775 g/mol. The zero-order valence-corrected chi connectivity index (χ0v) is 32.9. The van der Waals surface area contributed by atoms with Crippen LogP contribution >= 0.6 is 22.7 Å². The van der Waals surface area contributed by atoms with E-state index in [-0.39, 0.29) is 0 Å². The van der Waals surface area contributed by atoms with E-state index >= 15 is 0 Å². The molecule has 12 rings (SSSR count). The van der Waals surface area contributed by atoms with Crippen molar-refractivity contribution in [2.45, 2.75) is 0 Å². The Kier molecular flexibility index (Phi) is 7.62. The zero-order valence-electron chi connectivity index (χ0n) is 31.2. The molecule has 272 valence electrons. The predicted molar refractivity (Wildman–Crippen MR) is 250 cm³/mol. The average Bonchev–Trinajstić information content (AvgIpc) is 3.98. The summed E-state index contributed by atoms with van der Waals surface area (Å²) in [7, 11) is 0. The minimum Gasteiger partial charge on any atom is -0.456 e. The molecule has 12 aromatic rings. The normalized spacial score (nSPS) is 11.8. The first-order valence-corrected chi connectivity index (χ1v) is 21.2. The van der Waals surface area contributed by atoms with Crippen molar-refractivity contribution in [1.82, 2.24) is 0 Å². The number of furan rings is 1. The van der Waals surface area contributed by atoms with Crippen molar-refractivity contribution < 1.29 is 4.42 Å². The van der Waals surface area contributed by atoms with Crippen LogP contribution in [0.25, 0.3) is 95.7 Å². The number of hydrogen-bond acceptors (Lipinski definition) is 4. The molecule has 2 nitrogen and oxygen atoms in total. The molecule has 0 N–H and O–H groups in total. The van der Waals surface area contributed by atoms with Gasteiger partial charge in [0.05, 0.1) is 10.4 Å². The maximum absolute atomic E-state index is 6.45. The molecule has 0 atom stereocenters. The van der Waals surface area contributed by atoms with Crippen LogP contribution in [0.3, 0.4) is 0 Å². The fourth-order valence-electron chi connectivity index (χ4n) is 8.67. The lowest BCUT2D eigenvalue weighted by atomic mass is 9.99. The van der Waals surface area contributed by atoms with E-state index in [4.69, 9.17) is 4.42 Å². The molecule has 0 saturated heterocycles. The SMILES string of the molecule is c1ccc(-c2cccc3c2sc2c(N(c4ccc(-c5ccc(-c6ccc7sc8ccccc8c7c6)cc5)cc4)c4ccc5c(c4)oc4ccccc45)cccc23)cc1. The third-order valence-corrected chi connectivity index (χ3v) is 13.9. The highest BCUT2D eigenvalue weighted by atomic mass is 32.1. The molecule has 3 aromatic heterocycles. The van der Waals surface area contributed by atoms with Gasteiger partial charge in [0.1, 0.15) is 11.2 Å². The van der Waals surface area contributed by atoms with Gasteiger partial charge in [0.2, 0.25) is 0 Å². The van der Waals surface area contributed by atoms with Gasteiger partial charge >= 0.3 is 0 Å². The van der Waals surface area contributed by atoms with Gasteiger partial charge in [-0.05, 0) is 88.0 Å². The predicted octanol–water partition coefficient (Wildman–Crippen LogP) is 16.8. The van der Waals surface area contributed by atoms with Crippen molar-refractivity contribution in [3.8, 4) is 33.4 Å². The fraction of sp³-hybridized carbons (Fsp3) is 0. The van der Waals surface area contributed by atoms with Crippen LogP contribution in [0.5, 0.6) is 0 Å². The third kappa shape index (κ3) is 5.37. The van der Waals surface area contributed by atoms with E-state index in [1.807, 2.05) is 34.8 Å². The number of benzene rings is 9. The molecule has 0 fully saturated rings. The Bertz CT molecular complexity index is 3500. The minimum atomic E-state index is 0.877. The molecular formula is C54H33NOS2. The molecule has 0 radical (unpaired) electrons. The Morgan fingerprint density at radius 2 is 0.931 bits per heavy atom. The number of anilines is 3. The molecule has 4 heteroatoms. The molecule has 0 amide bonds. The Morgan fingerprint density at radius 1 is 0.328 bits per heavy atom. The number of rotatable bonds is 6. The summed E-state index contributed by atoms with van der Waals surface area (Å²) in [4.78, 5) is 2.39. The number of thiophene rings is 2. The van der Waals surface area contributed by atoms with Gasteiger partial charge in [-0.3, -0.25) is 0 Å². The summed E-state index contributed by atoms with van der Waals surface area (Å²) in [6.07, 6.45) is 0. The van der Waals surface area contributed by atoms with Crippen molar-refractivity contribution in [2.75, 3.05) is 4.90 Å². The number of para-hydroxylation sites is 1. The molecule has 0 spiro atoms. The van der Waals surface area contributed by atoms with Crippen LogP contribution in [0.4, 0.5) is 17.1 Å². The van der Waals surface area contributed by atoms with Crippen molar-refractivity contribution >= 4 is 102 Å². The van der Waals surface area contributed by atoms with Gasteiger partial charge in [-0.15, -0.1) is 22.7 Å². The highest BCUT2D eigenvalue weighted by molar-refractivity contribution is 7.27. The molecular weight excluding hydrogens is 743 g/mol. The second kappa shape index (κ2) is 13.3. The molecule has 58 heavy (non-hydrogen) atoms. The first-order chi connectivity index (χ1) is 28.7. The maximum atomic E-state index is 6.45. The summed E-state index contributed by atoms with van der Waals surface area (Å²) in [5.74, 6) is 0. The van der Waals surface area contributed by atoms with Gasteiger partial charge in [0.15, 0.2) is 0 Å². The summed E-state index contributed by atoms with van der Waals surface area (Å²) >= 11 is 3.73. The lowest BCUT2D eigenvalue weighted by Gasteiger charge is -2.26. The number of fused-ring (bicyclic) bond motifs is 9. The summed E-state index contributed by atoms with van der Waals surface area (Å²) in [6.45, 7) is 0. The van der Waals surface area contributed by atoms with Crippen LogP contribution in [0.15, 0.2) is 205 Å². The molecule has 0 aliphatic carbocycles. The van der Waals surface area contributed by atoms with Gasteiger partial charge in [-0.1, -0.05) is 140 Å². The summed E-state index contributed by atoms with van der Waals surface area (Å²) in [5.41, 5.74) is 12.4. The van der Waals surface area contributed by atoms with Crippen LogP contribution in [0.2, 0.25) is 0 Å². The summed E-state index contributed by atoms with van der Waals surface area (Å²) in [6, 6.07) is 72.6. The first-order valence-electron chi connectivity index (χ1n) is 19.6. The van der Waals surface area contributed by atoms with E-state index in [0.717, 1.165) is 39.0 Å². The summed E-state index contributed by atoms with van der Waals surface area (Å²) in [5, 5.41) is 7.44. The smallest absolute Gasteiger partial charge is 0.137 e. The highest BCUT2D eigenvalue weighted by Gasteiger charge is 2.21. The van der Waals surface area contributed by atoms with Gasteiger partial charge in [0.25, 0.3) is 0 Å². The third-order valence-electron chi connectivity index (χ3n) is 11.5. The Balaban J connectivity index is 0.961. The average molecular weight is 776 g/mol. The van der Waals surface area contributed by atoms with Gasteiger partial charge in [0, 0.05) is 63.9 Å². The van der Waals surface area contributed by atoms with Crippen molar-refractivity contribution in [1.29, 1.82) is 0 Å². The van der Waals surface area contributed by atoms with E-state index in [1.54, 1.807) is 0 Å². The molecule has 0 aliphatic rings. The Hall–Kier alpha value is -6.98. The molecule has 0 saturated carbocycles. The zero-order chi connectivity index (χ0) is 38.2. The fourth-order valence-corrected chi connectivity index (χ4v) is 11.1. The Labute approximate surface area is 343 Å². The Morgan fingerprint density at radius 3 is 1.76 bits per heavy atom. The van der Waals surface area contributed by atoms with Gasteiger partial charge in [-0.2, -0.15) is 0 Å². The second-order valence-corrected chi connectivity index (χ2v) is 17.0. The van der Waals surface area contributed by atoms with E-state index in [1.165, 1.54) is 73.7 Å². The van der Waals surface area contributed by atoms with Crippen LogP contribution in [0.1, 0.15) is 0 Å². The van der Waals surface area contributed by atoms with Crippen LogP contribution in [-0.2, 0) is 0 Å². The minimum absolute atomic E-state index is 0.877. The summed E-state index contributed by atoms with van der Waals surface area (Å²) < 4.78 is 11.7. The largest absolute Gasteiger partial charge is 0.456 e. The van der Waals surface area contributed by atoms with Crippen molar-refractivity contribution in [3.05, 3.63) is 200 Å². The van der Waals surface area contributed by atoms with Crippen LogP contribution < -0.4 is 4.90 Å². The van der Waals surface area contributed by atoms with Gasteiger partial charge < -0.3 is 9.32 Å². The maximum Gasteiger partial charge on any atom is 0.137 e. The molecule has 0 bridgehead atoms. The van der Waals surface area contributed by atoms with Crippen LogP contribution in [0, 0.1) is 0 Å². The van der Waals surface area contributed by atoms with Crippen molar-refractivity contribution in [2.24, 2.45) is 0 Å². The van der Waals surface area contributed by atoms with Crippen molar-refractivity contribution in [3.63, 3.8) is 0 Å².